The fourth-order valence-electron chi connectivity index (χ4n) is 5.92. The summed E-state index contributed by atoms with van der Waals surface area (Å²) in [5.74, 6) is 1.37. The summed E-state index contributed by atoms with van der Waals surface area (Å²) in [6, 6.07) is 36.4. The highest BCUT2D eigenvalue weighted by Crippen LogP contribution is 2.52. The third-order valence-corrected chi connectivity index (χ3v) is 7.77. The molecule has 6 nitrogen and oxygen atoms in total. The number of aryl methyl sites for hydroxylation is 1. The van der Waals surface area contributed by atoms with E-state index >= 15 is 0 Å². The fraction of sp³-hybridized carbons (Fsp3) is 0.118. The molecule has 2 aliphatic rings. The maximum absolute atomic E-state index is 14.6. The molecule has 1 aromatic heterocycles. The number of hydrogen-bond donors (Lipinski definition) is 1. The van der Waals surface area contributed by atoms with Crippen LogP contribution in [0.5, 0.6) is 5.75 Å². The number of aromatic nitrogens is 2. The highest BCUT2D eigenvalue weighted by atomic mass is 16.5. The first-order valence-corrected chi connectivity index (χ1v) is 13.4. The van der Waals surface area contributed by atoms with Gasteiger partial charge in [-0.1, -0.05) is 66.7 Å². The molecule has 7 rings (SSSR count). The molecule has 1 amide bonds. The van der Waals surface area contributed by atoms with Crippen LogP contribution in [0.25, 0.3) is 11.4 Å². The van der Waals surface area contributed by atoms with E-state index in [4.69, 9.17) is 9.84 Å². The largest absolute Gasteiger partial charge is 0.497 e. The molecule has 0 fully saturated rings. The number of benzene rings is 4. The number of carbonyl (C=O) groups excluding carboxylic acids is 1. The highest BCUT2D eigenvalue weighted by Gasteiger charge is 2.44. The number of nitrogens with one attached hydrogen (secondary N) is 1. The molecule has 0 aliphatic carbocycles. The number of hydrogen-bond acceptors (Lipinski definition) is 4. The Morgan fingerprint density at radius 2 is 1.52 bits per heavy atom. The Balaban J connectivity index is 1.48. The Kier molecular flexibility index (Phi) is 5.74. The van der Waals surface area contributed by atoms with Crippen LogP contribution in [0.1, 0.15) is 33.9 Å². The van der Waals surface area contributed by atoms with E-state index in [2.05, 4.69) is 35.6 Å². The van der Waals surface area contributed by atoms with Crippen LogP contribution in [-0.2, 0) is 11.3 Å². The van der Waals surface area contributed by atoms with Crippen molar-refractivity contribution in [2.75, 3.05) is 17.3 Å². The van der Waals surface area contributed by atoms with Gasteiger partial charge in [-0.2, -0.15) is 5.10 Å². The third kappa shape index (κ3) is 3.80. The first-order valence-electron chi connectivity index (χ1n) is 13.4. The minimum atomic E-state index is -0.262. The van der Waals surface area contributed by atoms with Gasteiger partial charge < -0.3 is 15.0 Å². The third-order valence-electron chi connectivity index (χ3n) is 7.77. The van der Waals surface area contributed by atoms with Crippen molar-refractivity contribution in [2.24, 2.45) is 0 Å². The molecule has 0 bridgehead atoms. The van der Waals surface area contributed by atoms with Crippen molar-refractivity contribution in [2.45, 2.75) is 19.4 Å². The number of fused-ring (bicyclic) bond motifs is 5. The molecule has 4 aromatic carbocycles. The van der Waals surface area contributed by atoms with E-state index < -0.39 is 0 Å². The Hall–Kier alpha value is -5.10. The SMILES string of the molecule is COc1ccc(C2=C3C(=O)N(Cc4ccccc4)c4ccccc4C3c3c(C)nn(-c4ccccc4)c3N2)cc1. The Morgan fingerprint density at radius 3 is 2.25 bits per heavy atom. The highest BCUT2D eigenvalue weighted by molar-refractivity contribution is 6.17. The van der Waals surface area contributed by atoms with Gasteiger partial charge in [-0.25, -0.2) is 4.68 Å². The standard InChI is InChI=1S/C34H28N4O2/c1-22-29-30-27-15-9-10-16-28(27)37(21-23-11-5-3-6-12-23)34(39)31(30)32(24-17-19-26(40-2)20-18-24)35-33(29)38(36-22)25-13-7-4-8-14-25/h3-20,30,35H,21H2,1-2H3. The molecule has 196 valence electrons. The van der Waals surface area contributed by atoms with Gasteiger partial charge in [-0.15, -0.1) is 0 Å². The van der Waals surface area contributed by atoms with Crippen molar-refractivity contribution in [3.63, 3.8) is 0 Å². The smallest absolute Gasteiger partial charge is 0.257 e. The van der Waals surface area contributed by atoms with E-state index in [1.807, 2.05) is 95.4 Å². The first kappa shape index (κ1) is 24.0. The predicted octanol–water partition coefficient (Wildman–Crippen LogP) is 6.70. The van der Waals surface area contributed by atoms with E-state index in [0.29, 0.717) is 6.54 Å². The van der Waals surface area contributed by atoms with Crippen LogP contribution >= 0.6 is 0 Å². The summed E-state index contributed by atoms with van der Waals surface area (Å²) >= 11 is 0. The molecule has 5 aromatic rings. The summed E-state index contributed by atoms with van der Waals surface area (Å²) in [5, 5.41) is 8.65. The molecule has 3 heterocycles. The summed E-state index contributed by atoms with van der Waals surface area (Å²) in [4.78, 5) is 16.5. The van der Waals surface area contributed by atoms with Crippen LogP contribution in [0.15, 0.2) is 115 Å². The first-order chi connectivity index (χ1) is 19.6. The quantitative estimate of drug-likeness (QED) is 0.278. The minimum absolute atomic E-state index is 0.0108. The number of rotatable bonds is 5. The van der Waals surface area contributed by atoms with Crippen molar-refractivity contribution in [1.82, 2.24) is 9.78 Å². The van der Waals surface area contributed by atoms with Crippen LogP contribution < -0.4 is 15.0 Å². The van der Waals surface area contributed by atoms with Gasteiger partial charge in [0.05, 0.1) is 36.3 Å². The van der Waals surface area contributed by atoms with Gasteiger partial charge in [0.2, 0.25) is 0 Å². The lowest BCUT2D eigenvalue weighted by Crippen LogP contribution is -2.41. The van der Waals surface area contributed by atoms with Crippen molar-refractivity contribution in [1.29, 1.82) is 0 Å². The minimum Gasteiger partial charge on any atom is -0.497 e. The van der Waals surface area contributed by atoms with Crippen LogP contribution in [0, 0.1) is 6.92 Å². The van der Waals surface area contributed by atoms with Crippen molar-refractivity contribution >= 4 is 23.1 Å². The maximum Gasteiger partial charge on any atom is 0.257 e. The maximum atomic E-state index is 14.6. The molecule has 0 radical (unpaired) electrons. The zero-order valence-corrected chi connectivity index (χ0v) is 22.3. The molecule has 1 N–H and O–H groups in total. The van der Waals surface area contributed by atoms with Gasteiger partial charge in [0.1, 0.15) is 11.6 Å². The lowest BCUT2D eigenvalue weighted by Gasteiger charge is -2.40. The topological polar surface area (TPSA) is 59.4 Å². The lowest BCUT2D eigenvalue weighted by atomic mass is 9.76. The Labute approximate surface area is 233 Å². The van der Waals surface area contributed by atoms with Crippen molar-refractivity contribution in [3.8, 4) is 11.4 Å². The zero-order valence-electron chi connectivity index (χ0n) is 22.3. The summed E-state index contributed by atoms with van der Waals surface area (Å²) in [7, 11) is 1.66. The molecule has 6 heteroatoms. The van der Waals surface area contributed by atoms with Crippen molar-refractivity contribution in [3.05, 3.63) is 143 Å². The van der Waals surface area contributed by atoms with Gasteiger partial charge in [0.15, 0.2) is 0 Å². The average Bonchev–Trinajstić information content (AvgIpc) is 3.35. The van der Waals surface area contributed by atoms with Gasteiger partial charge in [-0.3, -0.25) is 4.79 Å². The predicted molar refractivity (Wildman–Crippen MR) is 158 cm³/mol. The van der Waals surface area contributed by atoms with Gasteiger partial charge in [-0.05, 0) is 66.1 Å². The molecular formula is C34H28N4O2. The summed E-state index contributed by atoms with van der Waals surface area (Å²) in [6.07, 6.45) is 0. The Bertz CT molecular complexity index is 1760. The fourth-order valence-corrected chi connectivity index (χ4v) is 5.92. The number of anilines is 2. The zero-order chi connectivity index (χ0) is 27.2. The second kappa shape index (κ2) is 9.58. The number of ether oxygens (including phenoxy) is 1. The molecular weight excluding hydrogens is 496 g/mol. The monoisotopic (exact) mass is 524 g/mol. The molecule has 1 unspecified atom stereocenters. The number of nitrogens with zero attached hydrogens (tertiary/aromatic N) is 3. The molecule has 40 heavy (non-hydrogen) atoms. The number of methoxy groups -OCH3 is 1. The molecule has 0 saturated heterocycles. The summed E-state index contributed by atoms with van der Waals surface area (Å²) in [6.45, 7) is 2.51. The summed E-state index contributed by atoms with van der Waals surface area (Å²) < 4.78 is 7.38. The van der Waals surface area contributed by atoms with Gasteiger partial charge in [0, 0.05) is 17.2 Å². The molecule has 2 aliphatic heterocycles. The Morgan fingerprint density at radius 1 is 0.850 bits per heavy atom. The van der Waals surface area contributed by atoms with E-state index in [9.17, 15) is 4.79 Å². The van der Waals surface area contributed by atoms with E-state index in [1.54, 1.807) is 7.11 Å². The molecule has 0 spiro atoms. The normalized spacial score (nSPS) is 15.7. The van der Waals surface area contributed by atoms with Gasteiger partial charge in [0.25, 0.3) is 5.91 Å². The van der Waals surface area contributed by atoms with Crippen LogP contribution in [0.4, 0.5) is 11.5 Å². The number of para-hydroxylation sites is 2. The molecule has 1 atom stereocenters. The van der Waals surface area contributed by atoms with E-state index in [0.717, 1.165) is 62.2 Å². The summed E-state index contributed by atoms with van der Waals surface area (Å²) in [5.41, 5.74) is 8.40. The second-order valence-electron chi connectivity index (χ2n) is 10.1. The molecule has 0 saturated carbocycles. The number of amides is 1. The van der Waals surface area contributed by atoms with Crippen molar-refractivity contribution < 1.29 is 9.53 Å². The van der Waals surface area contributed by atoms with Gasteiger partial charge >= 0.3 is 0 Å². The van der Waals surface area contributed by atoms with E-state index in [1.165, 1.54) is 0 Å². The van der Waals surface area contributed by atoms with Crippen LogP contribution in [0.3, 0.4) is 0 Å². The lowest BCUT2D eigenvalue weighted by molar-refractivity contribution is -0.115. The second-order valence-corrected chi connectivity index (χ2v) is 10.1. The average molecular weight is 525 g/mol. The van der Waals surface area contributed by atoms with E-state index in [-0.39, 0.29) is 11.8 Å². The van der Waals surface area contributed by atoms with Crippen LogP contribution in [0.2, 0.25) is 0 Å². The number of carbonyl (C=O) groups is 1. The van der Waals surface area contributed by atoms with Crippen LogP contribution in [-0.4, -0.2) is 22.8 Å².